The SMILES string of the molecule is CCNC(=NCCc1c(F)cccc1Cl)N(C)Cc1csc(C)n1. The third-order valence-electron chi connectivity index (χ3n) is 3.45. The van der Waals surface area contributed by atoms with Gasteiger partial charge in [0.1, 0.15) is 5.82 Å². The van der Waals surface area contributed by atoms with Crippen LogP contribution in [0.15, 0.2) is 28.6 Å². The van der Waals surface area contributed by atoms with Gasteiger partial charge < -0.3 is 10.2 Å². The molecule has 0 aliphatic carbocycles. The molecule has 0 bridgehead atoms. The van der Waals surface area contributed by atoms with E-state index in [0.29, 0.717) is 30.1 Å². The van der Waals surface area contributed by atoms with Crippen LogP contribution in [0.1, 0.15) is 23.2 Å². The van der Waals surface area contributed by atoms with Crippen molar-refractivity contribution < 1.29 is 4.39 Å². The average Bonchev–Trinajstić information content (AvgIpc) is 2.94. The van der Waals surface area contributed by atoms with Gasteiger partial charge in [-0.05, 0) is 32.4 Å². The van der Waals surface area contributed by atoms with Crippen LogP contribution in [0.3, 0.4) is 0 Å². The van der Waals surface area contributed by atoms with E-state index in [4.69, 9.17) is 11.6 Å². The van der Waals surface area contributed by atoms with E-state index in [2.05, 4.69) is 20.7 Å². The Bertz CT molecular complexity index is 681. The molecule has 0 atom stereocenters. The van der Waals surface area contributed by atoms with E-state index in [0.717, 1.165) is 23.2 Å². The lowest BCUT2D eigenvalue weighted by molar-refractivity contribution is 0.471. The van der Waals surface area contributed by atoms with Gasteiger partial charge in [0.05, 0.1) is 17.2 Å². The molecule has 7 heteroatoms. The largest absolute Gasteiger partial charge is 0.357 e. The van der Waals surface area contributed by atoms with Crippen molar-refractivity contribution in [1.82, 2.24) is 15.2 Å². The van der Waals surface area contributed by atoms with Crippen molar-refractivity contribution in [2.75, 3.05) is 20.1 Å². The summed E-state index contributed by atoms with van der Waals surface area (Å²) in [4.78, 5) is 11.1. The van der Waals surface area contributed by atoms with Crippen molar-refractivity contribution in [2.24, 2.45) is 4.99 Å². The first-order valence-electron chi connectivity index (χ1n) is 7.84. The van der Waals surface area contributed by atoms with Crippen LogP contribution in [-0.4, -0.2) is 36.0 Å². The highest BCUT2D eigenvalue weighted by atomic mass is 35.5. The molecule has 1 aromatic heterocycles. The Balaban J connectivity index is 2.02. The van der Waals surface area contributed by atoms with E-state index >= 15 is 0 Å². The number of hydrogen-bond acceptors (Lipinski definition) is 3. The first-order chi connectivity index (χ1) is 11.5. The lowest BCUT2D eigenvalue weighted by Crippen LogP contribution is -2.38. The monoisotopic (exact) mass is 368 g/mol. The third kappa shape index (κ3) is 5.18. The number of guanidine groups is 1. The Morgan fingerprint density at radius 2 is 2.25 bits per heavy atom. The Kier molecular flexibility index (Phi) is 6.99. The minimum Gasteiger partial charge on any atom is -0.357 e. The number of aliphatic imine (C=N–C) groups is 1. The molecule has 4 nitrogen and oxygen atoms in total. The number of benzene rings is 1. The molecular formula is C17H22ClFN4S. The highest BCUT2D eigenvalue weighted by molar-refractivity contribution is 7.09. The highest BCUT2D eigenvalue weighted by Gasteiger charge is 2.10. The molecule has 24 heavy (non-hydrogen) atoms. The number of thiazole rings is 1. The molecule has 0 aliphatic rings. The fourth-order valence-electron chi connectivity index (χ4n) is 2.31. The third-order valence-corrected chi connectivity index (χ3v) is 4.62. The molecule has 0 unspecified atom stereocenters. The van der Waals surface area contributed by atoms with E-state index in [-0.39, 0.29) is 5.82 Å². The van der Waals surface area contributed by atoms with Crippen LogP contribution < -0.4 is 5.32 Å². The molecule has 130 valence electrons. The molecule has 2 rings (SSSR count). The van der Waals surface area contributed by atoms with Crippen LogP contribution in [0.5, 0.6) is 0 Å². The zero-order chi connectivity index (χ0) is 17.5. The maximum atomic E-state index is 13.8. The number of nitrogens with one attached hydrogen (secondary N) is 1. The number of halogens is 2. The van der Waals surface area contributed by atoms with Gasteiger partial charge in [-0.25, -0.2) is 9.37 Å². The summed E-state index contributed by atoms with van der Waals surface area (Å²) >= 11 is 7.69. The first kappa shape index (κ1) is 18.7. The molecule has 1 N–H and O–H groups in total. The van der Waals surface area contributed by atoms with Gasteiger partial charge in [-0.2, -0.15) is 0 Å². The van der Waals surface area contributed by atoms with Crippen LogP contribution in [-0.2, 0) is 13.0 Å². The van der Waals surface area contributed by atoms with Crippen LogP contribution >= 0.6 is 22.9 Å². The summed E-state index contributed by atoms with van der Waals surface area (Å²) < 4.78 is 13.8. The lowest BCUT2D eigenvalue weighted by atomic mass is 10.1. The number of nitrogens with zero attached hydrogens (tertiary/aromatic N) is 3. The fourth-order valence-corrected chi connectivity index (χ4v) is 3.17. The lowest BCUT2D eigenvalue weighted by Gasteiger charge is -2.21. The summed E-state index contributed by atoms with van der Waals surface area (Å²) in [6.45, 7) is 5.91. The second-order valence-corrected chi connectivity index (χ2v) is 6.87. The van der Waals surface area contributed by atoms with Gasteiger partial charge in [0.15, 0.2) is 5.96 Å². The number of hydrogen-bond donors (Lipinski definition) is 1. The smallest absolute Gasteiger partial charge is 0.194 e. The molecule has 0 radical (unpaired) electrons. The standard InChI is InChI=1S/C17H22ClFN4S/c1-4-20-17(23(3)10-13-11-24-12(2)22-13)21-9-8-14-15(18)6-5-7-16(14)19/h5-7,11H,4,8-10H2,1-3H3,(H,20,21). The number of aryl methyl sites for hydroxylation is 1. The zero-order valence-corrected chi connectivity index (χ0v) is 15.7. The van der Waals surface area contributed by atoms with Gasteiger partial charge in [0.25, 0.3) is 0 Å². The molecule has 0 aliphatic heterocycles. The Labute approximate surface area is 151 Å². The summed E-state index contributed by atoms with van der Waals surface area (Å²) in [6.07, 6.45) is 0.462. The molecule has 1 aromatic carbocycles. The quantitative estimate of drug-likeness (QED) is 0.621. The van der Waals surface area contributed by atoms with Gasteiger partial charge in [-0.15, -0.1) is 11.3 Å². The molecule has 2 aromatic rings. The molecule has 0 spiro atoms. The molecule has 0 saturated heterocycles. The van der Waals surface area contributed by atoms with Crippen molar-refractivity contribution in [1.29, 1.82) is 0 Å². The van der Waals surface area contributed by atoms with Crippen molar-refractivity contribution in [2.45, 2.75) is 26.8 Å². The summed E-state index contributed by atoms with van der Waals surface area (Å²) in [7, 11) is 1.96. The topological polar surface area (TPSA) is 40.5 Å². The van der Waals surface area contributed by atoms with E-state index in [1.54, 1.807) is 23.5 Å². The Hall–Kier alpha value is -1.66. The predicted octanol–water partition coefficient (Wildman–Crippen LogP) is 3.88. The fraction of sp³-hybridized carbons (Fsp3) is 0.412. The molecule has 0 fully saturated rings. The number of aromatic nitrogens is 1. The highest BCUT2D eigenvalue weighted by Crippen LogP contribution is 2.19. The van der Waals surface area contributed by atoms with Gasteiger partial charge in [0, 0.05) is 36.1 Å². The van der Waals surface area contributed by atoms with Crippen LogP contribution in [0, 0.1) is 12.7 Å². The van der Waals surface area contributed by atoms with Crippen LogP contribution in [0.4, 0.5) is 4.39 Å². The number of rotatable bonds is 6. The molecule has 1 heterocycles. The van der Waals surface area contributed by atoms with Gasteiger partial charge in [-0.1, -0.05) is 17.7 Å². The van der Waals surface area contributed by atoms with E-state index in [9.17, 15) is 4.39 Å². The summed E-state index contributed by atoms with van der Waals surface area (Å²) in [5.74, 6) is 0.490. The van der Waals surface area contributed by atoms with Crippen LogP contribution in [0.25, 0.3) is 0 Å². The normalized spacial score (nSPS) is 11.6. The summed E-state index contributed by atoms with van der Waals surface area (Å²) in [5.41, 5.74) is 1.53. The second kappa shape index (κ2) is 8.99. The molecule has 0 amide bonds. The van der Waals surface area contributed by atoms with Crippen molar-refractivity contribution in [3.05, 3.63) is 50.7 Å². The predicted molar refractivity (Wildman–Crippen MR) is 99.4 cm³/mol. The summed E-state index contributed by atoms with van der Waals surface area (Å²) in [5, 5.41) is 6.80. The Morgan fingerprint density at radius 1 is 1.46 bits per heavy atom. The van der Waals surface area contributed by atoms with E-state index in [1.165, 1.54) is 6.07 Å². The zero-order valence-electron chi connectivity index (χ0n) is 14.1. The molecular weight excluding hydrogens is 347 g/mol. The van der Waals surface area contributed by atoms with E-state index < -0.39 is 0 Å². The average molecular weight is 369 g/mol. The van der Waals surface area contributed by atoms with E-state index in [1.807, 2.05) is 25.8 Å². The Morgan fingerprint density at radius 3 is 2.88 bits per heavy atom. The maximum Gasteiger partial charge on any atom is 0.194 e. The molecule has 0 saturated carbocycles. The van der Waals surface area contributed by atoms with Crippen molar-refractivity contribution in [3.63, 3.8) is 0 Å². The van der Waals surface area contributed by atoms with Gasteiger partial charge >= 0.3 is 0 Å². The van der Waals surface area contributed by atoms with Crippen molar-refractivity contribution >= 4 is 28.9 Å². The summed E-state index contributed by atoms with van der Waals surface area (Å²) in [6, 6.07) is 4.73. The first-order valence-corrected chi connectivity index (χ1v) is 9.10. The van der Waals surface area contributed by atoms with Gasteiger partial charge in [0.2, 0.25) is 0 Å². The maximum absolute atomic E-state index is 13.8. The van der Waals surface area contributed by atoms with Gasteiger partial charge in [-0.3, -0.25) is 4.99 Å². The van der Waals surface area contributed by atoms with Crippen molar-refractivity contribution in [3.8, 4) is 0 Å². The second-order valence-electron chi connectivity index (χ2n) is 5.40. The minimum absolute atomic E-state index is 0.283. The minimum atomic E-state index is -0.283. The van der Waals surface area contributed by atoms with Crippen LogP contribution in [0.2, 0.25) is 5.02 Å².